The van der Waals surface area contributed by atoms with Gasteiger partial charge in [0.1, 0.15) is 11.9 Å². The van der Waals surface area contributed by atoms with Crippen LogP contribution >= 0.6 is 23.4 Å². The van der Waals surface area contributed by atoms with Crippen LogP contribution in [0.5, 0.6) is 0 Å². The summed E-state index contributed by atoms with van der Waals surface area (Å²) in [6.07, 6.45) is 0.506. The van der Waals surface area contributed by atoms with Gasteiger partial charge in [-0.1, -0.05) is 17.7 Å². The number of nitrogens with two attached hydrogens (primary N) is 1. The predicted octanol–water partition coefficient (Wildman–Crippen LogP) is 2.60. The molecule has 0 bridgehead atoms. The van der Waals surface area contributed by atoms with Gasteiger partial charge in [-0.2, -0.15) is 11.8 Å². The molecule has 0 saturated heterocycles. The Labute approximate surface area is 115 Å². The Morgan fingerprint density at radius 1 is 1.61 bits per heavy atom. The molecule has 0 aliphatic carbocycles. The fourth-order valence-electron chi connectivity index (χ4n) is 1.30. The van der Waals surface area contributed by atoms with E-state index >= 15 is 0 Å². The van der Waals surface area contributed by atoms with Crippen LogP contribution in [0.4, 0.5) is 4.39 Å². The number of hydrogen-bond acceptors (Lipinski definition) is 4. The standard InChI is InChI=1S/C12H15ClFNO2S/c1-17-12(16)11(15)4-5-18-7-8-2-3-9(13)6-10(8)14/h2-3,6,11H,4-5,7,15H2,1H3. The number of thioether (sulfide) groups is 1. The van der Waals surface area contributed by atoms with Crippen LogP contribution in [0.3, 0.4) is 0 Å². The number of carbonyl (C=O) groups is 1. The summed E-state index contributed by atoms with van der Waals surface area (Å²) in [5, 5.41) is 0.383. The van der Waals surface area contributed by atoms with Crippen LogP contribution < -0.4 is 5.73 Å². The van der Waals surface area contributed by atoms with Crippen molar-refractivity contribution in [1.29, 1.82) is 0 Å². The van der Waals surface area contributed by atoms with E-state index in [9.17, 15) is 9.18 Å². The Balaban J connectivity index is 2.32. The minimum atomic E-state index is -0.613. The molecule has 0 aliphatic heterocycles. The highest BCUT2D eigenvalue weighted by Crippen LogP contribution is 2.20. The molecule has 1 unspecified atom stereocenters. The number of benzene rings is 1. The van der Waals surface area contributed by atoms with Crippen molar-refractivity contribution in [2.75, 3.05) is 12.9 Å². The second-order valence-electron chi connectivity index (χ2n) is 3.71. The molecule has 1 atom stereocenters. The lowest BCUT2D eigenvalue weighted by molar-refractivity contribution is -0.142. The van der Waals surface area contributed by atoms with Crippen LogP contribution in [0.1, 0.15) is 12.0 Å². The maximum Gasteiger partial charge on any atom is 0.322 e. The number of ether oxygens (including phenoxy) is 1. The van der Waals surface area contributed by atoms with Crippen molar-refractivity contribution in [3.63, 3.8) is 0 Å². The van der Waals surface area contributed by atoms with Crippen LogP contribution in [-0.2, 0) is 15.3 Å². The molecule has 100 valence electrons. The molecule has 0 fully saturated rings. The monoisotopic (exact) mass is 291 g/mol. The molecule has 18 heavy (non-hydrogen) atoms. The van der Waals surface area contributed by atoms with Gasteiger partial charge in [-0.25, -0.2) is 4.39 Å². The van der Waals surface area contributed by atoms with Gasteiger partial charge in [-0.15, -0.1) is 0 Å². The first-order chi connectivity index (χ1) is 8.54. The molecule has 3 nitrogen and oxygen atoms in total. The van der Waals surface area contributed by atoms with E-state index in [1.165, 1.54) is 24.9 Å². The average Bonchev–Trinajstić information content (AvgIpc) is 2.35. The number of carbonyl (C=O) groups excluding carboxylic acids is 1. The number of esters is 1. The molecule has 6 heteroatoms. The number of methoxy groups -OCH3 is 1. The second-order valence-corrected chi connectivity index (χ2v) is 5.25. The zero-order valence-electron chi connectivity index (χ0n) is 9.99. The lowest BCUT2D eigenvalue weighted by Crippen LogP contribution is -2.31. The summed E-state index contributed by atoms with van der Waals surface area (Å²) in [7, 11) is 1.30. The van der Waals surface area contributed by atoms with Gasteiger partial charge in [0.2, 0.25) is 0 Å². The Hall–Kier alpha value is -0.780. The van der Waals surface area contributed by atoms with Crippen molar-refractivity contribution in [2.24, 2.45) is 5.73 Å². The SMILES string of the molecule is COC(=O)C(N)CCSCc1ccc(Cl)cc1F. The number of rotatable bonds is 6. The largest absolute Gasteiger partial charge is 0.468 e. The summed E-state index contributed by atoms with van der Waals surface area (Å²) in [4.78, 5) is 11.0. The average molecular weight is 292 g/mol. The molecule has 0 radical (unpaired) electrons. The van der Waals surface area contributed by atoms with Gasteiger partial charge in [0, 0.05) is 10.8 Å². The lowest BCUT2D eigenvalue weighted by atomic mass is 10.2. The zero-order valence-corrected chi connectivity index (χ0v) is 11.6. The molecule has 2 N–H and O–H groups in total. The predicted molar refractivity (Wildman–Crippen MR) is 72.2 cm³/mol. The van der Waals surface area contributed by atoms with E-state index in [0.717, 1.165) is 0 Å². The molecule has 0 amide bonds. The third kappa shape index (κ3) is 4.84. The molecule has 0 aliphatic rings. The smallest absolute Gasteiger partial charge is 0.322 e. The van der Waals surface area contributed by atoms with Crippen molar-refractivity contribution in [2.45, 2.75) is 18.2 Å². The summed E-state index contributed by atoms with van der Waals surface area (Å²) in [6, 6.07) is 3.99. The highest BCUT2D eigenvalue weighted by atomic mass is 35.5. The van der Waals surface area contributed by atoms with Gasteiger partial charge >= 0.3 is 5.97 Å². The van der Waals surface area contributed by atoms with Gasteiger partial charge in [-0.05, 0) is 29.9 Å². The van der Waals surface area contributed by atoms with Crippen molar-refractivity contribution < 1.29 is 13.9 Å². The van der Waals surface area contributed by atoms with Gasteiger partial charge in [0.05, 0.1) is 7.11 Å². The summed E-state index contributed by atoms with van der Waals surface area (Å²) in [5.41, 5.74) is 6.17. The molecule has 0 heterocycles. The maximum atomic E-state index is 13.4. The molecule has 0 spiro atoms. The minimum absolute atomic E-state index is 0.313. The van der Waals surface area contributed by atoms with Crippen LogP contribution in [0.25, 0.3) is 0 Å². The minimum Gasteiger partial charge on any atom is -0.468 e. The van der Waals surface area contributed by atoms with Crippen LogP contribution in [-0.4, -0.2) is 24.9 Å². The summed E-state index contributed by atoms with van der Waals surface area (Å²) < 4.78 is 17.9. The van der Waals surface area contributed by atoms with E-state index in [1.807, 2.05) is 0 Å². The summed E-state index contributed by atoms with van der Waals surface area (Å²) in [5.74, 6) is 0.454. The van der Waals surface area contributed by atoms with Gasteiger partial charge in [0.15, 0.2) is 0 Å². The van der Waals surface area contributed by atoms with Crippen LogP contribution in [0.2, 0.25) is 5.02 Å². The third-order valence-corrected chi connectivity index (χ3v) is 3.62. The topological polar surface area (TPSA) is 52.3 Å². The van der Waals surface area contributed by atoms with E-state index in [0.29, 0.717) is 28.5 Å². The molecular weight excluding hydrogens is 277 g/mol. The van der Waals surface area contributed by atoms with E-state index in [-0.39, 0.29) is 5.82 Å². The van der Waals surface area contributed by atoms with Crippen molar-refractivity contribution in [3.8, 4) is 0 Å². The normalized spacial score (nSPS) is 12.2. The van der Waals surface area contributed by atoms with E-state index < -0.39 is 12.0 Å². The second kappa shape index (κ2) is 7.61. The Morgan fingerprint density at radius 3 is 2.94 bits per heavy atom. The Kier molecular flexibility index (Phi) is 6.46. The van der Waals surface area contributed by atoms with E-state index in [1.54, 1.807) is 12.1 Å². The molecule has 1 aromatic rings. The zero-order chi connectivity index (χ0) is 13.5. The summed E-state index contributed by atoms with van der Waals surface area (Å²) >= 11 is 7.17. The molecule has 0 saturated carbocycles. The Morgan fingerprint density at radius 2 is 2.33 bits per heavy atom. The fourth-order valence-corrected chi connectivity index (χ4v) is 2.48. The van der Waals surface area contributed by atoms with E-state index in [2.05, 4.69) is 4.74 Å². The quantitative estimate of drug-likeness (QED) is 0.646. The lowest BCUT2D eigenvalue weighted by Gasteiger charge is -2.08. The number of hydrogen-bond donors (Lipinski definition) is 1. The Bertz CT molecular complexity index is 417. The molecule has 1 aromatic carbocycles. The van der Waals surface area contributed by atoms with Crippen molar-refractivity contribution in [3.05, 3.63) is 34.6 Å². The third-order valence-electron chi connectivity index (χ3n) is 2.35. The number of halogens is 2. The first-order valence-corrected chi connectivity index (χ1v) is 6.93. The van der Waals surface area contributed by atoms with Crippen molar-refractivity contribution >= 4 is 29.3 Å². The first kappa shape index (κ1) is 15.3. The molecule has 0 aromatic heterocycles. The fraction of sp³-hybridized carbons (Fsp3) is 0.417. The summed E-state index contributed by atoms with van der Waals surface area (Å²) in [6.45, 7) is 0. The molecule has 1 rings (SSSR count). The maximum absolute atomic E-state index is 13.4. The highest BCUT2D eigenvalue weighted by Gasteiger charge is 2.13. The van der Waals surface area contributed by atoms with Gasteiger partial charge in [0.25, 0.3) is 0 Å². The van der Waals surface area contributed by atoms with E-state index in [4.69, 9.17) is 17.3 Å². The van der Waals surface area contributed by atoms with Gasteiger partial charge < -0.3 is 10.5 Å². The van der Waals surface area contributed by atoms with Gasteiger partial charge in [-0.3, -0.25) is 4.79 Å². The molecular formula is C12H15ClFNO2S. The van der Waals surface area contributed by atoms with Crippen LogP contribution in [0.15, 0.2) is 18.2 Å². The van der Waals surface area contributed by atoms with Crippen molar-refractivity contribution in [1.82, 2.24) is 0 Å². The first-order valence-electron chi connectivity index (χ1n) is 5.39. The van der Waals surface area contributed by atoms with Crippen LogP contribution in [0, 0.1) is 5.82 Å². The highest BCUT2D eigenvalue weighted by molar-refractivity contribution is 7.98.